The van der Waals surface area contributed by atoms with Gasteiger partial charge in [-0.3, -0.25) is 19.8 Å². The fraction of sp³-hybridized carbons (Fsp3) is 0.261. The Morgan fingerprint density at radius 1 is 1.09 bits per heavy atom. The van der Waals surface area contributed by atoms with Crippen LogP contribution in [0, 0.1) is 0 Å². The van der Waals surface area contributed by atoms with E-state index in [1.807, 2.05) is 30.3 Å². The Labute approximate surface area is 195 Å². The van der Waals surface area contributed by atoms with Crippen molar-refractivity contribution in [2.45, 2.75) is 25.0 Å². The lowest BCUT2D eigenvalue weighted by Crippen LogP contribution is -2.57. The number of ether oxygens (including phenoxy) is 1. The number of nitrogens with one attached hydrogen (secondary N) is 1. The molecule has 4 amide bonds. The molecule has 11 heteroatoms. The summed E-state index contributed by atoms with van der Waals surface area (Å²) in [4.78, 5) is 53.0. The summed E-state index contributed by atoms with van der Waals surface area (Å²) in [6.07, 6.45) is 1.58. The Morgan fingerprint density at radius 3 is 2.53 bits per heavy atom. The molecule has 3 aromatic rings. The molecular formula is C23H22BN5O5. The van der Waals surface area contributed by atoms with E-state index in [0.717, 1.165) is 5.56 Å². The number of aromatic nitrogens is 2. The smallest absolute Gasteiger partial charge is 0.435 e. The monoisotopic (exact) mass is 459 g/mol. The third-order valence-electron chi connectivity index (χ3n) is 6.50. The van der Waals surface area contributed by atoms with Crippen molar-refractivity contribution < 1.29 is 23.9 Å². The number of carbonyl (C=O) groups is 4. The van der Waals surface area contributed by atoms with Gasteiger partial charge in [0.15, 0.2) is 5.81 Å². The molecule has 0 atom stereocenters. The molecule has 2 aromatic carbocycles. The molecule has 3 heterocycles. The lowest BCUT2D eigenvalue weighted by atomic mass is 9.85. The van der Waals surface area contributed by atoms with Gasteiger partial charge in [0, 0.05) is 24.2 Å². The van der Waals surface area contributed by atoms with E-state index in [1.165, 1.54) is 23.6 Å². The molecule has 0 radical (unpaired) electrons. The molecule has 2 aliphatic heterocycles. The summed E-state index contributed by atoms with van der Waals surface area (Å²) in [6, 6.07) is 13.9. The van der Waals surface area contributed by atoms with Crippen LogP contribution in [-0.4, -0.2) is 65.0 Å². The second-order valence-electron chi connectivity index (χ2n) is 8.47. The van der Waals surface area contributed by atoms with E-state index in [0.29, 0.717) is 42.5 Å². The third-order valence-corrected chi connectivity index (χ3v) is 6.50. The van der Waals surface area contributed by atoms with Crippen LogP contribution < -0.4 is 10.2 Å². The highest BCUT2D eigenvalue weighted by molar-refractivity contribution is 6.56. The van der Waals surface area contributed by atoms with E-state index in [-0.39, 0.29) is 18.3 Å². The summed E-state index contributed by atoms with van der Waals surface area (Å²) >= 11 is 0. The number of hydrogen-bond donors (Lipinski definition) is 1. The van der Waals surface area contributed by atoms with Gasteiger partial charge in [-0.2, -0.15) is 9.78 Å². The Balaban J connectivity index is 1.40. The van der Waals surface area contributed by atoms with Crippen LogP contribution in [0.25, 0.3) is 10.9 Å². The summed E-state index contributed by atoms with van der Waals surface area (Å²) in [5.74, 6) is -0.417. The van der Waals surface area contributed by atoms with Gasteiger partial charge in [0.05, 0.1) is 11.7 Å². The Hall–Kier alpha value is -4.15. The summed E-state index contributed by atoms with van der Waals surface area (Å²) in [6.45, 7) is 0.898. The van der Waals surface area contributed by atoms with Crippen molar-refractivity contribution in [1.82, 2.24) is 20.0 Å². The van der Waals surface area contributed by atoms with Gasteiger partial charge in [-0.25, -0.2) is 9.59 Å². The largest absolute Gasteiger partial charge is 0.443 e. The Kier molecular flexibility index (Phi) is 5.31. The van der Waals surface area contributed by atoms with Crippen LogP contribution in [0.4, 0.5) is 20.1 Å². The summed E-state index contributed by atoms with van der Waals surface area (Å²) < 4.78 is 6.54. The number of benzene rings is 2. The molecule has 34 heavy (non-hydrogen) atoms. The van der Waals surface area contributed by atoms with Crippen molar-refractivity contribution in [3.05, 3.63) is 60.3 Å². The molecule has 0 saturated carbocycles. The normalized spacial score (nSPS) is 17.3. The first kappa shape index (κ1) is 21.7. The number of nitrogens with zero attached hydrogens (tertiary/aromatic N) is 4. The number of hydrogen-bond acceptors (Lipinski definition) is 6. The first-order valence-corrected chi connectivity index (χ1v) is 11.0. The van der Waals surface area contributed by atoms with Gasteiger partial charge in [0.25, 0.3) is 5.91 Å². The van der Waals surface area contributed by atoms with Crippen molar-refractivity contribution in [2.24, 2.45) is 0 Å². The number of amides is 4. The minimum atomic E-state index is -1.05. The van der Waals surface area contributed by atoms with Crippen molar-refractivity contribution in [1.29, 1.82) is 0 Å². The maximum Gasteiger partial charge on any atom is 0.435 e. The quantitative estimate of drug-likeness (QED) is 0.473. The lowest BCUT2D eigenvalue weighted by Gasteiger charge is -2.42. The highest BCUT2D eigenvalue weighted by atomic mass is 16.6. The molecule has 1 spiro atoms. The summed E-state index contributed by atoms with van der Waals surface area (Å²) in [5.41, 5.74) is 0.847. The minimum absolute atomic E-state index is 0.0564. The van der Waals surface area contributed by atoms with E-state index in [1.54, 1.807) is 23.1 Å². The highest BCUT2D eigenvalue weighted by Gasteiger charge is 2.54. The summed E-state index contributed by atoms with van der Waals surface area (Å²) in [5, 5.41) is 7.20. The van der Waals surface area contributed by atoms with Crippen LogP contribution in [-0.2, 0) is 16.1 Å². The maximum absolute atomic E-state index is 12.8. The minimum Gasteiger partial charge on any atom is -0.443 e. The molecule has 172 valence electrons. The predicted molar refractivity (Wildman–Crippen MR) is 125 cm³/mol. The molecule has 0 aliphatic carbocycles. The third kappa shape index (κ3) is 3.59. The van der Waals surface area contributed by atoms with Gasteiger partial charge >= 0.3 is 12.1 Å². The molecular weight excluding hydrogens is 437 g/mol. The number of rotatable bonds is 3. The zero-order chi connectivity index (χ0) is 23.9. The van der Waals surface area contributed by atoms with Crippen molar-refractivity contribution in [2.75, 3.05) is 18.0 Å². The van der Waals surface area contributed by atoms with E-state index >= 15 is 0 Å². The molecule has 0 unspecified atom stereocenters. The average molecular weight is 459 g/mol. The van der Waals surface area contributed by atoms with E-state index < -0.39 is 17.7 Å². The van der Waals surface area contributed by atoms with Gasteiger partial charge < -0.3 is 9.64 Å². The molecule has 0 bridgehead atoms. The second kappa shape index (κ2) is 8.33. The van der Waals surface area contributed by atoms with Gasteiger partial charge in [-0.1, -0.05) is 30.3 Å². The number of fused-ring (bicyclic) bond motifs is 1. The van der Waals surface area contributed by atoms with Crippen LogP contribution in [0.3, 0.4) is 0 Å². The topological polar surface area (TPSA) is 114 Å². The van der Waals surface area contributed by atoms with Crippen LogP contribution in [0.5, 0.6) is 0 Å². The van der Waals surface area contributed by atoms with E-state index in [4.69, 9.17) is 4.74 Å². The fourth-order valence-corrected chi connectivity index (χ4v) is 4.66. The van der Waals surface area contributed by atoms with Crippen LogP contribution >= 0.6 is 0 Å². The summed E-state index contributed by atoms with van der Waals surface area (Å²) in [7, 11) is 1.49. The number of carbonyl (C=O) groups excluding carboxylic acids is 4. The number of piperidine rings is 1. The Bertz CT molecular complexity index is 1300. The van der Waals surface area contributed by atoms with E-state index in [9.17, 15) is 19.2 Å². The lowest BCUT2D eigenvalue weighted by molar-refractivity contribution is -0.124. The van der Waals surface area contributed by atoms with Crippen molar-refractivity contribution in [3.8, 4) is 0 Å². The maximum atomic E-state index is 12.8. The fourth-order valence-electron chi connectivity index (χ4n) is 4.66. The molecule has 2 fully saturated rings. The molecule has 1 N–H and O–H groups in total. The van der Waals surface area contributed by atoms with Gasteiger partial charge in [0.2, 0.25) is 7.85 Å². The number of imide groups is 1. The second-order valence-corrected chi connectivity index (χ2v) is 8.47. The molecule has 1 aromatic heterocycles. The van der Waals surface area contributed by atoms with E-state index in [2.05, 4.69) is 10.4 Å². The zero-order valence-electron chi connectivity index (χ0n) is 18.6. The zero-order valence-corrected chi connectivity index (χ0v) is 18.6. The van der Waals surface area contributed by atoms with Crippen LogP contribution in [0.15, 0.2) is 54.7 Å². The Morgan fingerprint density at radius 2 is 1.82 bits per heavy atom. The molecule has 5 rings (SSSR count). The van der Waals surface area contributed by atoms with Crippen molar-refractivity contribution >= 4 is 48.3 Å². The predicted octanol–water partition coefficient (Wildman–Crippen LogP) is 1.87. The molecule has 2 aliphatic rings. The standard InChI is InChI=1S/C23H22BN5O5/c24-20(31)27-10-8-23(9-11-27)19(30)26-21(32)28(23)17-6-7-18-16(12-17)13-25-29(18)22(33)34-14-15-4-2-1-3-5-15/h1-7,12-13H,8-11,14,24H2,(H,26,30,32). The number of likely N-dealkylation sites (tertiary alicyclic amines) is 1. The van der Waals surface area contributed by atoms with Gasteiger partial charge in [-0.15, -0.1) is 0 Å². The van der Waals surface area contributed by atoms with Gasteiger partial charge in [-0.05, 0) is 36.6 Å². The number of anilines is 1. The average Bonchev–Trinajstić information content (AvgIpc) is 3.36. The number of urea groups is 1. The van der Waals surface area contributed by atoms with Crippen molar-refractivity contribution in [3.63, 3.8) is 0 Å². The molecule has 10 nitrogen and oxygen atoms in total. The van der Waals surface area contributed by atoms with Gasteiger partial charge in [0.1, 0.15) is 12.1 Å². The first-order chi connectivity index (χ1) is 16.4. The first-order valence-electron chi connectivity index (χ1n) is 11.0. The highest BCUT2D eigenvalue weighted by Crippen LogP contribution is 2.38. The SMILES string of the molecule is BC(=O)N1CCC2(CC1)C(=O)NC(=O)N2c1ccc2c(cnn2C(=O)OCc2ccccc2)c1. The van der Waals surface area contributed by atoms with Crippen LogP contribution in [0.2, 0.25) is 0 Å². The molecule has 2 saturated heterocycles. The van der Waals surface area contributed by atoms with Crippen LogP contribution in [0.1, 0.15) is 18.4 Å².